The topological polar surface area (TPSA) is 12.0 Å². The van der Waals surface area contributed by atoms with Crippen LogP contribution < -0.4 is 5.32 Å². The van der Waals surface area contributed by atoms with Crippen molar-refractivity contribution in [3.8, 4) is 10.4 Å². The summed E-state index contributed by atoms with van der Waals surface area (Å²) in [6.45, 7) is 7.74. The van der Waals surface area contributed by atoms with Gasteiger partial charge in [-0.2, -0.15) is 0 Å². The van der Waals surface area contributed by atoms with Gasteiger partial charge in [-0.15, -0.1) is 11.3 Å². The van der Waals surface area contributed by atoms with Crippen LogP contribution >= 0.6 is 11.3 Å². The fraction of sp³-hybridized carbons (Fsp3) is 0.375. The summed E-state index contributed by atoms with van der Waals surface area (Å²) in [4.78, 5) is 2.99. The summed E-state index contributed by atoms with van der Waals surface area (Å²) in [7, 11) is 0. The van der Waals surface area contributed by atoms with Gasteiger partial charge in [0.1, 0.15) is 0 Å². The van der Waals surface area contributed by atoms with Crippen LogP contribution in [0.3, 0.4) is 0 Å². The second-order valence-corrected chi connectivity index (χ2v) is 6.37. The SMILES string of the molecule is Cc1ccc(-c2cc3c(s2)CCNC3C)c(C)c1. The largest absolute Gasteiger partial charge is 0.310 e. The molecule has 1 aliphatic rings. The van der Waals surface area contributed by atoms with Crippen LogP contribution in [-0.4, -0.2) is 6.54 Å². The first-order valence-corrected chi connectivity index (χ1v) is 7.40. The number of hydrogen-bond acceptors (Lipinski definition) is 2. The number of nitrogens with one attached hydrogen (secondary N) is 1. The summed E-state index contributed by atoms with van der Waals surface area (Å²) in [6.07, 6.45) is 1.18. The van der Waals surface area contributed by atoms with E-state index in [2.05, 4.69) is 50.4 Å². The molecule has 3 rings (SSSR count). The highest BCUT2D eigenvalue weighted by Crippen LogP contribution is 2.37. The summed E-state index contributed by atoms with van der Waals surface area (Å²) in [5.74, 6) is 0. The van der Waals surface area contributed by atoms with Crippen LogP contribution in [0.5, 0.6) is 0 Å². The minimum Gasteiger partial charge on any atom is -0.310 e. The summed E-state index contributed by atoms with van der Waals surface area (Å²) in [5, 5.41) is 3.53. The predicted molar refractivity (Wildman–Crippen MR) is 79.4 cm³/mol. The Labute approximate surface area is 113 Å². The number of benzene rings is 1. The minimum atomic E-state index is 0.504. The third kappa shape index (κ3) is 2.00. The number of thiophene rings is 1. The molecule has 2 heterocycles. The zero-order valence-electron chi connectivity index (χ0n) is 11.2. The second kappa shape index (κ2) is 4.52. The van der Waals surface area contributed by atoms with Crippen molar-refractivity contribution in [1.82, 2.24) is 5.32 Å². The molecule has 2 aromatic rings. The molecule has 0 radical (unpaired) electrons. The first-order valence-electron chi connectivity index (χ1n) is 6.59. The maximum atomic E-state index is 3.53. The maximum Gasteiger partial charge on any atom is 0.0351 e. The predicted octanol–water partition coefficient (Wildman–Crippen LogP) is 4.24. The van der Waals surface area contributed by atoms with Crippen molar-refractivity contribution in [3.63, 3.8) is 0 Å². The van der Waals surface area contributed by atoms with Gasteiger partial charge in [0.05, 0.1) is 0 Å². The van der Waals surface area contributed by atoms with Crippen molar-refractivity contribution in [2.45, 2.75) is 33.2 Å². The lowest BCUT2D eigenvalue weighted by Gasteiger charge is -2.19. The van der Waals surface area contributed by atoms with Gasteiger partial charge in [-0.05, 0) is 49.9 Å². The number of rotatable bonds is 1. The average Bonchev–Trinajstić information content (AvgIpc) is 2.74. The lowest BCUT2D eigenvalue weighted by molar-refractivity contribution is 0.547. The fourth-order valence-electron chi connectivity index (χ4n) is 2.74. The smallest absolute Gasteiger partial charge is 0.0351 e. The van der Waals surface area contributed by atoms with Crippen molar-refractivity contribution in [2.75, 3.05) is 6.54 Å². The van der Waals surface area contributed by atoms with E-state index in [9.17, 15) is 0 Å². The molecule has 1 aliphatic heterocycles. The zero-order chi connectivity index (χ0) is 12.7. The van der Waals surface area contributed by atoms with Crippen LogP contribution in [0.25, 0.3) is 10.4 Å². The van der Waals surface area contributed by atoms with Gasteiger partial charge in [0.15, 0.2) is 0 Å². The van der Waals surface area contributed by atoms with Crippen LogP contribution in [-0.2, 0) is 6.42 Å². The molecule has 1 N–H and O–H groups in total. The summed E-state index contributed by atoms with van der Waals surface area (Å²) < 4.78 is 0. The molecule has 1 aromatic heterocycles. The quantitative estimate of drug-likeness (QED) is 0.806. The molecule has 0 bridgehead atoms. The van der Waals surface area contributed by atoms with Crippen LogP contribution in [0, 0.1) is 13.8 Å². The molecule has 0 fully saturated rings. The van der Waals surface area contributed by atoms with E-state index in [0.717, 1.165) is 6.54 Å². The second-order valence-electron chi connectivity index (χ2n) is 5.23. The van der Waals surface area contributed by atoms with Crippen molar-refractivity contribution >= 4 is 11.3 Å². The van der Waals surface area contributed by atoms with Crippen LogP contribution in [0.4, 0.5) is 0 Å². The molecule has 1 nitrogen and oxygen atoms in total. The number of fused-ring (bicyclic) bond motifs is 1. The van der Waals surface area contributed by atoms with Crippen LogP contribution in [0.1, 0.15) is 34.5 Å². The molecule has 0 amide bonds. The molecule has 1 aromatic carbocycles. The lowest BCUT2D eigenvalue weighted by Crippen LogP contribution is -2.26. The Kier molecular flexibility index (Phi) is 3.00. The molecular formula is C16H19NS. The van der Waals surface area contributed by atoms with E-state index in [1.54, 1.807) is 4.88 Å². The van der Waals surface area contributed by atoms with Crippen LogP contribution in [0.15, 0.2) is 24.3 Å². The molecular weight excluding hydrogens is 238 g/mol. The van der Waals surface area contributed by atoms with Gasteiger partial charge < -0.3 is 5.32 Å². The molecule has 18 heavy (non-hydrogen) atoms. The summed E-state index contributed by atoms with van der Waals surface area (Å²) in [5.41, 5.74) is 5.62. The maximum absolute atomic E-state index is 3.53. The van der Waals surface area contributed by atoms with Gasteiger partial charge in [0.2, 0.25) is 0 Å². The zero-order valence-corrected chi connectivity index (χ0v) is 12.0. The Bertz CT molecular complexity index is 583. The normalized spacial score (nSPS) is 18.7. The fourth-order valence-corrected chi connectivity index (χ4v) is 4.09. The Morgan fingerprint density at radius 1 is 1.22 bits per heavy atom. The van der Waals surface area contributed by atoms with E-state index in [1.165, 1.54) is 33.6 Å². The molecule has 0 spiro atoms. The Morgan fingerprint density at radius 2 is 2.06 bits per heavy atom. The highest BCUT2D eigenvalue weighted by molar-refractivity contribution is 7.15. The standard InChI is InChI=1S/C16H19NS/c1-10-4-5-13(11(2)8-10)16-9-14-12(3)17-7-6-15(14)18-16/h4-5,8-9,12,17H,6-7H2,1-3H3. The Morgan fingerprint density at radius 3 is 2.78 bits per heavy atom. The number of hydrogen-bond donors (Lipinski definition) is 1. The molecule has 2 heteroatoms. The van der Waals surface area contributed by atoms with E-state index in [-0.39, 0.29) is 0 Å². The average molecular weight is 257 g/mol. The molecule has 1 unspecified atom stereocenters. The van der Waals surface area contributed by atoms with E-state index < -0.39 is 0 Å². The third-order valence-corrected chi connectivity index (χ3v) is 5.00. The van der Waals surface area contributed by atoms with E-state index in [0.29, 0.717) is 6.04 Å². The highest BCUT2D eigenvalue weighted by atomic mass is 32.1. The van der Waals surface area contributed by atoms with Gasteiger partial charge in [-0.25, -0.2) is 0 Å². The Balaban J connectivity index is 2.07. The minimum absolute atomic E-state index is 0.504. The molecule has 94 valence electrons. The van der Waals surface area contributed by atoms with E-state index in [1.807, 2.05) is 11.3 Å². The number of aryl methyl sites for hydroxylation is 2. The van der Waals surface area contributed by atoms with Crippen molar-refractivity contribution in [2.24, 2.45) is 0 Å². The van der Waals surface area contributed by atoms with Gasteiger partial charge in [-0.1, -0.05) is 23.8 Å². The van der Waals surface area contributed by atoms with Gasteiger partial charge >= 0.3 is 0 Å². The van der Waals surface area contributed by atoms with Gasteiger partial charge in [0, 0.05) is 22.3 Å². The molecule has 0 aliphatic carbocycles. The van der Waals surface area contributed by atoms with E-state index >= 15 is 0 Å². The first-order chi connectivity index (χ1) is 8.65. The first kappa shape index (κ1) is 11.9. The summed E-state index contributed by atoms with van der Waals surface area (Å²) in [6, 6.07) is 9.64. The van der Waals surface area contributed by atoms with Crippen LogP contribution in [0.2, 0.25) is 0 Å². The monoisotopic (exact) mass is 257 g/mol. The lowest BCUT2D eigenvalue weighted by atomic mass is 10.0. The van der Waals surface area contributed by atoms with Crippen molar-refractivity contribution < 1.29 is 0 Å². The van der Waals surface area contributed by atoms with Crippen molar-refractivity contribution in [3.05, 3.63) is 45.8 Å². The molecule has 1 atom stereocenters. The van der Waals surface area contributed by atoms with Gasteiger partial charge in [0.25, 0.3) is 0 Å². The Hall–Kier alpha value is -1.12. The third-order valence-electron chi connectivity index (χ3n) is 3.76. The van der Waals surface area contributed by atoms with Crippen molar-refractivity contribution in [1.29, 1.82) is 0 Å². The summed E-state index contributed by atoms with van der Waals surface area (Å²) >= 11 is 1.97. The highest BCUT2D eigenvalue weighted by Gasteiger charge is 2.19. The molecule has 0 saturated carbocycles. The molecule has 0 saturated heterocycles. The van der Waals surface area contributed by atoms with E-state index in [4.69, 9.17) is 0 Å². The van der Waals surface area contributed by atoms with Gasteiger partial charge in [-0.3, -0.25) is 0 Å².